The Bertz CT molecular complexity index is 1250. The van der Waals surface area contributed by atoms with Gasteiger partial charge in [0.2, 0.25) is 0 Å². The van der Waals surface area contributed by atoms with E-state index < -0.39 is 0 Å². The molecule has 6 rings (SSSR count). The number of rotatable bonds is 4. The summed E-state index contributed by atoms with van der Waals surface area (Å²) in [5.41, 5.74) is 4.45. The minimum atomic E-state index is 0.446. The number of hydrogen-bond acceptors (Lipinski definition) is 8. The van der Waals surface area contributed by atoms with Crippen LogP contribution in [0.3, 0.4) is 0 Å². The fourth-order valence-electron chi connectivity index (χ4n) is 4.45. The largest absolute Gasteiger partial charge is 0.381 e. The lowest BCUT2D eigenvalue weighted by atomic mass is 9.93. The number of ether oxygens (including phenoxy) is 2. The molecule has 0 spiro atoms. The molecule has 0 aromatic carbocycles. The number of morpholine rings is 1. The number of aromatic nitrogens is 6. The summed E-state index contributed by atoms with van der Waals surface area (Å²) >= 11 is 0. The second kappa shape index (κ2) is 8.84. The Kier molecular flexibility index (Phi) is 5.41. The van der Waals surface area contributed by atoms with Crippen molar-refractivity contribution in [2.24, 2.45) is 0 Å². The molecule has 0 atom stereocenters. The van der Waals surface area contributed by atoms with Gasteiger partial charge in [-0.2, -0.15) is 10.1 Å². The van der Waals surface area contributed by atoms with Crippen LogP contribution in [0.1, 0.15) is 24.3 Å². The van der Waals surface area contributed by atoms with Crippen LogP contribution in [0, 0.1) is 0 Å². The summed E-state index contributed by atoms with van der Waals surface area (Å²) in [4.78, 5) is 21.2. The third-order valence-corrected chi connectivity index (χ3v) is 6.25. The van der Waals surface area contributed by atoms with E-state index in [1.54, 1.807) is 10.9 Å². The van der Waals surface area contributed by atoms with Crippen LogP contribution in [0.15, 0.2) is 48.9 Å². The van der Waals surface area contributed by atoms with Gasteiger partial charge < -0.3 is 14.4 Å². The standard InChI is InChI=1S/C24H25N7O2/c1-2-7-25-19(3-1)20-4-8-31(29-20)24-27-21-15-18(17-5-11-32-12-6-17)16-26-22(21)23(28-24)30-9-13-33-14-10-30/h1-4,7-8,15-17H,5-6,9-14H2. The van der Waals surface area contributed by atoms with Crippen molar-refractivity contribution in [3.8, 4) is 17.3 Å². The van der Waals surface area contributed by atoms with Crippen molar-refractivity contribution in [2.45, 2.75) is 18.8 Å². The molecule has 2 aliphatic heterocycles. The number of fused-ring (bicyclic) bond motifs is 1. The Labute approximate surface area is 191 Å². The zero-order valence-electron chi connectivity index (χ0n) is 18.3. The number of nitrogens with zero attached hydrogens (tertiary/aromatic N) is 7. The molecule has 0 unspecified atom stereocenters. The summed E-state index contributed by atoms with van der Waals surface area (Å²) in [6.07, 6.45) is 7.64. The van der Waals surface area contributed by atoms with Crippen LogP contribution in [-0.4, -0.2) is 69.2 Å². The van der Waals surface area contributed by atoms with Crippen LogP contribution in [0.2, 0.25) is 0 Å². The first-order valence-electron chi connectivity index (χ1n) is 11.4. The van der Waals surface area contributed by atoms with Crippen LogP contribution in [0.25, 0.3) is 28.4 Å². The molecule has 2 fully saturated rings. The highest BCUT2D eigenvalue weighted by molar-refractivity contribution is 5.86. The predicted molar refractivity (Wildman–Crippen MR) is 124 cm³/mol. The summed E-state index contributed by atoms with van der Waals surface area (Å²) in [6.45, 7) is 4.47. The van der Waals surface area contributed by atoms with E-state index in [-0.39, 0.29) is 0 Å². The molecule has 168 valence electrons. The van der Waals surface area contributed by atoms with Gasteiger partial charge in [-0.1, -0.05) is 6.07 Å². The van der Waals surface area contributed by atoms with Crippen molar-refractivity contribution in [3.05, 3.63) is 54.5 Å². The molecule has 0 saturated carbocycles. The summed E-state index contributed by atoms with van der Waals surface area (Å²) in [5.74, 6) is 1.80. The molecule has 0 amide bonds. The molecular formula is C24H25N7O2. The van der Waals surface area contributed by atoms with Gasteiger partial charge in [0, 0.05) is 44.9 Å². The number of hydrogen-bond donors (Lipinski definition) is 0. The molecule has 4 aromatic rings. The molecule has 0 radical (unpaired) electrons. The Morgan fingerprint density at radius 3 is 2.55 bits per heavy atom. The summed E-state index contributed by atoms with van der Waals surface area (Å²) in [6, 6.07) is 9.88. The molecule has 0 bridgehead atoms. The molecule has 2 aliphatic rings. The molecule has 6 heterocycles. The maximum Gasteiger partial charge on any atom is 0.253 e. The molecule has 33 heavy (non-hydrogen) atoms. The highest BCUT2D eigenvalue weighted by Crippen LogP contribution is 2.31. The molecule has 2 saturated heterocycles. The quantitative estimate of drug-likeness (QED) is 0.475. The molecular weight excluding hydrogens is 418 g/mol. The van der Waals surface area contributed by atoms with E-state index in [4.69, 9.17) is 29.5 Å². The van der Waals surface area contributed by atoms with E-state index >= 15 is 0 Å². The van der Waals surface area contributed by atoms with E-state index in [1.807, 2.05) is 36.7 Å². The minimum absolute atomic E-state index is 0.446. The smallest absolute Gasteiger partial charge is 0.253 e. The van der Waals surface area contributed by atoms with Gasteiger partial charge in [0.15, 0.2) is 5.82 Å². The zero-order valence-corrected chi connectivity index (χ0v) is 18.3. The topological polar surface area (TPSA) is 91.1 Å². The third-order valence-electron chi connectivity index (χ3n) is 6.25. The Morgan fingerprint density at radius 2 is 1.73 bits per heavy atom. The molecule has 4 aromatic heterocycles. The average Bonchev–Trinajstić information content (AvgIpc) is 3.40. The number of anilines is 1. The van der Waals surface area contributed by atoms with Gasteiger partial charge in [-0.3, -0.25) is 9.97 Å². The zero-order chi connectivity index (χ0) is 22.0. The van der Waals surface area contributed by atoms with Crippen molar-refractivity contribution in [2.75, 3.05) is 44.4 Å². The number of pyridine rings is 2. The van der Waals surface area contributed by atoms with Crippen LogP contribution in [0.5, 0.6) is 0 Å². The molecule has 0 aliphatic carbocycles. The third kappa shape index (κ3) is 4.05. The summed E-state index contributed by atoms with van der Waals surface area (Å²) in [7, 11) is 0. The second-order valence-corrected chi connectivity index (χ2v) is 8.33. The lowest BCUT2D eigenvalue weighted by Crippen LogP contribution is -2.37. The van der Waals surface area contributed by atoms with E-state index in [0.717, 1.165) is 67.4 Å². The first-order valence-corrected chi connectivity index (χ1v) is 11.4. The van der Waals surface area contributed by atoms with E-state index in [2.05, 4.69) is 16.0 Å². The average molecular weight is 444 g/mol. The normalized spacial score (nSPS) is 17.5. The fourth-order valence-corrected chi connectivity index (χ4v) is 4.45. The first-order chi connectivity index (χ1) is 16.3. The molecule has 9 nitrogen and oxygen atoms in total. The van der Waals surface area contributed by atoms with Crippen LogP contribution in [0.4, 0.5) is 5.82 Å². The maximum atomic E-state index is 5.56. The van der Waals surface area contributed by atoms with Crippen LogP contribution < -0.4 is 4.90 Å². The monoisotopic (exact) mass is 443 g/mol. The SMILES string of the molecule is c1ccc(-c2ccn(-c3nc(N4CCOCC4)c4ncc(C5CCOCC5)cc4n3)n2)nc1. The first kappa shape index (κ1) is 20.2. The lowest BCUT2D eigenvalue weighted by Gasteiger charge is -2.28. The van der Waals surface area contributed by atoms with Gasteiger partial charge in [-0.05, 0) is 48.6 Å². The van der Waals surface area contributed by atoms with Gasteiger partial charge in [0.1, 0.15) is 11.2 Å². The maximum absolute atomic E-state index is 5.56. The summed E-state index contributed by atoms with van der Waals surface area (Å²) < 4.78 is 12.8. The van der Waals surface area contributed by atoms with Crippen molar-refractivity contribution in [1.29, 1.82) is 0 Å². The van der Waals surface area contributed by atoms with Gasteiger partial charge in [-0.25, -0.2) is 9.67 Å². The predicted octanol–water partition coefficient (Wildman–Crippen LogP) is 3.00. The van der Waals surface area contributed by atoms with Gasteiger partial charge in [0.25, 0.3) is 5.95 Å². The van der Waals surface area contributed by atoms with Gasteiger partial charge in [-0.15, -0.1) is 0 Å². The van der Waals surface area contributed by atoms with E-state index in [9.17, 15) is 0 Å². The Hall–Kier alpha value is -3.43. The van der Waals surface area contributed by atoms with E-state index in [1.165, 1.54) is 5.56 Å². The highest BCUT2D eigenvalue weighted by atomic mass is 16.5. The Balaban J connectivity index is 1.44. The second-order valence-electron chi connectivity index (χ2n) is 8.33. The van der Waals surface area contributed by atoms with Gasteiger partial charge in [0.05, 0.1) is 24.4 Å². The lowest BCUT2D eigenvalue weighted by molar-refractivity contribution is 0.0853. The van der Waals surface area contributed by atoms with Gasteiger partial charge >= 0.3 is 0 Å². The summed E-state index contributed by atoms with van der Waals surface area (Å²) in [5, 5.41) is 4.71. The highest BCUT2D eigenvalue weighted by Gasteiger charge is 2.22. The van der Waals surface area contributed by atoms with Crippen molar-refractivity contribution < 1.29 is 9.47 Å². The fraction of sp³-hybridized carbons (Fsp3) is 0.375. The van der Waals surface area contributed by atoms with Crippen molar-refractivity contribution in [3.63, 3.8) is 0 Å². The van der Waals surface area contributed by atoms with Crippen molar-refractivity contribution >= 4 is 16.9 Å². The van der Waals surface area contributed by atoms with E-state index in [0.29, 0.717) is 25.1 Å². The minimum Gasteiger partial charge on any atom is -0.381 e. The van der Waals surface area contributed by atoms with Crippen molar-refractivity contribution in [1.82, 2.24) is 29.7 Å². The Morgan fingerprint density at radius 1 is 0.879 bits per heavy atom. The molecule has 9 heteroatoms. The van der Waals surface area contributed by atoms with Crippen LogP contribution in [-0.2, 0) is 9.47 Å². The van der Waals surface area contributed by atoms with Crippen LogP contribution >= 0.6 is 0 Å². The molecule has 0 N–H and O–H groups in total.